The molecule has 4 aromatic heterocycles. The highest BCUT2D eigenvalue weighted by atomic mass is 32.7. The van der Waals surface area contributed by atoms with E-state index in [0.29, 0.717) is 11.9 Å². The minimum Gasteiger partial charge on any atom is -0.407 e. The zero-order valence-electron chi connectivity index (χ0n) is 37.1. The predicted octanol–water partition coefficient (Wildman–Crippen LogP) is 6.19. The molecule has 2 unspecified atom stereocenters. The number of thiol groups is 1. The van der Waals surface area contributed by atoms with Gasteiger partial charge in [-0.2, -0.15) is 4.98 Å². The van der Waals surface area contributed by atoms with Crippen LogP contribution in [0.1, 0.15) is 66.0 Å². The number of nitrogens with zero attached hydrogens (tertiary/aromatic N) is 6. The summed E-state index contributed by atoms with van der Waals surface area (Å²) in [6.07, 6.45) is -1.52. The molecule has 20 nitrogen and oxygen atoms in total. The SMILES string of the molecule is CC(C)(C)[Si](C)(C)CO[C@H]1[C@H]2OP(O)(=S)OC[C@H]3O[C@@H](n4cc5c6c(ncnc64)NCCC5)[C@H](O[Si](C)(C)C(C)(C)C)[C@@H]3OP(=O)(S)OC[C@H]1O[C@H]2n1cnc2c(=O)[nH]c(N)nc21. The molecule has 0 saturated carbocycles. The van der Waals surface area contributed by atoms with Gasteiger partial charge >= 0.3 is 13.5 Å². The maximum absolute atomic E-state index is 14.7. The standard InChI is InChI=1S/C37H59N9O11P2S2Si2/c1-36(2,3)62(7,8)19-50-25-21-15-51-58(48,60)55-26-22(16-52-59(49,61)56-27(25)33(53-21)46-18-42-24-31(46)43-35(38)44-32(24)47)54-34(28(26)57-63(9,10)37(4,5)6)45-14-20-12-11-13-39-29-23(20)30(45)41-17-40-29/h14,17-18,21-22,25-28,33-34H,11-13,15-16,19H2,1-10H3,(H,48,60)(H,49,61)(H,39,40,41)(H3,38,43,44,47)/t21-,22-,25-,26-,27-,28-,33-,34-,58?,59?/m1/s1. The van der Waals surface area contributed by atoms with Gasteiger partial charge in [0.15, 0.2) is 31.9 Å². The van der Waals surface area contributed by atoms with Crippen molar-refractivity contribution in [2.75, 3.05) is 37.0 Å². The number of H-pyrrole nitrogens is 1. The molecule has 0 aliphatic carbocycles. The average Bonchev–Trinajstić information content (AvgIpc) is 3.88. The van der Waals surface area contributed by atoms with Crippen molar-refractivity contribution >= 4 is 87.9 Å². The third-order valence-corrected chi connectivity index (χ3v) is 26.0. The van der Waals surface area contributed by atoms with Crippen molar-refractivity contribution in [2.45, 2.75) is 140 Å². The van der Waals surface area contributed by atoms with Gasteiger partial charge < -0.3 is 43.7 Å². The molecule has 0 spiro atoms. The Hall–Kier alpha value is -2.13. The third-order valence-electron chi connectivity index (χ3n) is 13.4. The Bertz CT molecular complexity index is 2530. The maximum Gasteiger partial charge on any atom is 0.386 e. The third kappa shape index (κ3) is 9.30. The fourth-order valence-corrected chi connectivity index (χ4v) is 13.0. The van der Waals surface area contributed by atoms with E-state index in [0.717, 1.165) is 36.2 Å². The van der Waals surface area contributed by atoms with Gasteiger partial charge in [-0.15, -0.1) is 0 Å². The second-order valence-electron chi connectivity index (χ2n) is 19.8. The Balaban J connectivity index is 1.20. The van der Waals surface area contributed by atoms with E-state index in [-0.39, 0.29) is 40.4 Å². The highest BCUT2D eigenvalue weighted by Gasteiger charge is 2.56. The van der Waals surface area contributed by atoms with Gasteiger partial charge in [0.1, 0.15) is 54.4 Å². The van der Waals surface area contributed by atoms with Crippen LogP contribution in [0.15, 0.2) is 23.6 Å². The molecule has 8 rings (SSSR count). The van der Waals surface area contributed by atoms with E-state index >= 15 is 0 Å². The van der Waals surface area contributed by atoms with E-state index in [1.807, 2.05) is 10.8 Å². The van der Waals surface area contributed by atoms with E-state index in [4.69, 9.17) is 59.3 Å². The van der Waals surface area contributed by atoms with Crippen molar-refractivity contribution in [1.29, 1.82) is 0 Å². The molecule has 8 heterocycles. The van der Waals surface area contributed by atoms with Crippen LogP contribution in [0, 0.1) is 0 Å². The summed E-state index contributed by atoms with van der Waals surface area (Å²) < 4.78 is 70.7. The first kappa shape index (κ1) is 47.4. The predicted molar refractivity (Wildman–Crippen MR) is 248 cm³/mol. The molecule has 3 fully saturated rings. The lowest BCUT2D eigenvalue weighted by Crippen LogP contribution is -2.49. The lowest BCUT2D eigenvalue weighted by atomic mass is 10.1. The second-order valence-corrected chi connectivity index (χ2v) is 35.8. The summed E-state index contributed by atoms with van der Waals surface area (Å²) in [5, 5.41) is 3.94. The molecule has 0 radical (unpaired) electrons. The molecule has 0 aromatic carbocycles. The highest BCUT2D eigenvalue weighted by molar-refractivity contribution is 8.44. The number of ether oxygens (including phenoxy) is 3. The molecule has 4 aliphatic heterocycles. The topological polar surface area (TPSA) is 243 Å². The molecule has 10 atom stereocenters. The normalized spacial score (nSPS) is 32.4. The van der Waals surface area contributed by atoms with Crippen molar-refractivity contribution in [3.05, 3.63) is 34.8 Å². The van der Waals surface area contributed by atoms with Crippen molar-refractivity contribution in [3.63, 3.8) is 0 Å². The number of nitrogen functional groups attached to an aromatic ring is 1. The van der Waals surface area contributed by atoms with Crippen LogP contribution in [0.25, 0.3) is 22.2 Å². The quantitative estimate of drug-likeness (QED) is 0.0787. The van der Waals surface area contributed by atoms with Crippen molar-refractivity contribution in [2.24, 2.45) is 0 Å². The minimum atomic E-state index is -4.33. The number of fused-ring (bicyclic) bond motifs is 4. The van der Waals surface area contributed by atoms with Gasteiger partial charge in [0, 0.05) is 19.0 Å². The minimum absolute atomic E-state index is 0.0144. The van der Waals surface area contributed by atoms with Crippen LogP contribution in [0.4, 0.5) is 11.8 Å². The average molecular weight is 988 g/mol. The van der Waals surface area contributed by atoms with E-state index < -0.39 is 84.5 Å². The number of hydrogen-bond donors (Lipinski definition) is 5. The fraction of sp³-hybridized carbons (Fsp3) is 0.703. The molecule has 4 aliphatic rings. The summed E-state index contributed by atoms with van der Waals surface area (Å²) in [6, 6.07) is 0. The van der Waals surface area contributed by atoms with Gasteiger partial charge in [-0.1, -0.05) is 66.9 Å². The Labute approximate surface area is 378 Å². The molecular formula is C37H59N9O11P2S2Si2. The summed E-state index contributed by atoms with van der Waals surface area (Å²) in [5.41, 5.74) is 7.11. The number of imidazole rings is 1. The van der Waals surface area contributed by atoms with Crippen LogP contribution in [0.5, 0.6) is 0 Å². The van der Waals surface area contributed by atoms with Crippen LogP contribution in [-0.2, 0) is 59.5 Å². The van der Waals surface area contributed by atoms with Gasteiger partial charge in [0.25, 0.3) is 5.56 Å². The van der Waals surface area contributed by atoms with Crippen LogP contribution in [0.2, 0.25) is 36.3 Å². The molecule has 0 amide bonds. The number of aryl methyl sites for hydroxylation is 1. The Morgan fingerprint density at radius 1 is 0.968 bits per heavy atom. The fourth-order valence-electron chi connectivity index (χ4n) is 7.73. The summed E-state index contributed by atoms with van der Waals surface area (Å²) in [7, 11) is -4.78. The number of nitrogens with two attached hydrogens (primary N) is 1. The highest BCUT2D eigenvalue weighted by Crippen LogP contribution is 2.59. The van der Waals surface area contributed by atoms with Crippen LogP contribution in [0.3, 0.4) is 0 Å². The first-order valence-corrected chi connectivity index (χ1v) is 32.4. The van der Waals surface area contributed by atoms with Crippen molar-refractivity contribution in [3.8, 4) is 0 Å². The number of hydrogen-bond acceptors (Lipinski definition) is 17. The first-order valence-electron chi connectivity index (χ1n) is 21.0. The van der Waals surface area contributed by atoms with Gasteiger partial charge in [0.2, 0.25) is 5.95 Å². The Morgan fingerprint density at radius 3 is 2.40 bits per heavy atom. The summed E-state index contributed by atoms with van der Waals surface area (Å²) in [5.74, 6) is 0.564. The Morgan fingerprint density at radius 2 is 1.68 bits per heavy atom. The molecule has 2 bridgehead atoms. The summed E-state index contributed by atoms with van der Waals surface area (Å²) in [4.78, 5) is 45.2. The lowest BCUT2D eigenvalue weighted by molar-refractivity contribution is -0.0597. The molecule has 348 valence electrons. The molecule has 3 saturated heterocycles. The number of nitrogens with one attached hydrogen (secondary N) is 2. The number of rotatable bonds is 7. The van der Waals surface area contributed by atoms with Gasteiger partial charge in [-0.05, 0) is 53.4 Å². The first-order chi connectivity index (χ1) is 29.3. The summed E-state index contributed by atoms with van der Waals surface area (Å²) in [6.45, 7) is 12.9. The van der Waals surface area contributed by atoms with Crippen LogP contribution >= 0.6 is 25.8 Å². The number of aromatic amines is 1. The number of aromatic nitrogens is 7. The van der Waals surface area contributed by atoms with E-state index in [1.165, 1.54) is 17.2 Å². The van der Waals surface area contributed by atoms with Gasteiger partial charge in [0.05, 0.1) is 33.0 Å². The monoisotopic (exact) mass is 987 g/mol. The molecule has 63 heavy (non-hydrogen) atoms. The largest absolute Gasteiger partial charge is 0.407 e. The van der Waals surface area contributed by atoms with Crippen LogP contribution in [-0.4, -0.2) is 118 Å². The Kier molecular flexibility index (Phi) is 12.7. The maximum atomic E-state index is 14.7. The smallest absolute Gasteiger partial charge is 0.386 e. The zero-order chi connectivity index (χ0) is 45.7. The van der Waals surface area contributed by atoms with Crippen molar-refractivity contribution in [1.82, 2.24) is 34.1 Å². The summed E-state index contributed by atoms with van der Waals surface area (Å²) >= 11 is 10.3. The van der Waals surface area contributed by atoms with Gasteiger partial charge in [-0.25, -0.2) is 19.5 Å². The molecular weight excluding hydrogens is 929 g/mol. The molecule has 4 aromatic rings. The second kappa shape index (κ2) is 16.9. The van der Waals surface area contributed by atoms with Crippen LogP contribution < -0.4 is 16.6 Å². The number of anilines is 2. The van der Waals surface area contributed by atoms with E-state index in [2.05, 4.69) is 105 Å². The van der Waals surface area contributed by atoms with Crippen molar-refractivity contribution < 1.29 is 46.2 Å². The molecule has 5 N–H and O–H groups in total. The van der Waals surface area contributed by atoms with E-state index in [9.17, 15) is 14.3 Å². The molecule has 26 heteroatoms. The van der Waals surface area contributed by atoms with E-state index in [1.54, 1.807) is 0 Å². The van der Waals surface area contributed by atoms with Gasteiger partial charge in [-0.3, -0.25) is 27.9 Å². The lowest BCUT2D eigenvalue weighted by Gasteiger charge is -2.41. The zero-order valence-corrected chi connectivity index (χ0v) is 42.6.